The summed E-state index contributed by atoms with van der Waals surface area (Å²) in [4.78, 5) is 23.1. The Bertz CT molecular complexity index is 582. The highest BCUT2D eigenvalue weighted by Gasteiger charge is 2.48. The number of nitrogens with one attached hydrogen (secondary N) is 1. The maximum Gasteiger partial charge on any atom is 0.338 e. The third-order valence-corrected chi connectivity index (χ3v) is 5.74. The summed E-state index contributed by atoms with van der Waals surface area (Å²) in [5, 5.41) is 16.0. The molecular weight excluding hydrogens is 282 g/mol. The molecule has 0 unspecified atom stereocenters. The summed E-state index contributed by atoms with van der Waals surface area (Å²) < 4.78 is 1.40. The summed E-state index contributed by atoms with van der Waals surface area (Å²) in [7, 11) is 0. The fraction of sp³-hybridized carbons (Fsp3) is 0.688. The smallest absolute Gasteiger partial charge is 0.338 e. The Balaban J connectivity index is 1.38. The minimum atomic E-state index is -1.02. The number of rotatable bonds is 4. The molecule has 0 spiro atoms. The van der Waals surface area contributed by atoms with E-state index in [0.717, 1.165) is 11.8 Å². The highest BCUT2D eigenvalue weighted by Crippen LogP contribution is 2.53. The summed E-state index contributed by atoms with van der Waals surface area (Å²) in [6, 6.07) is 0.315. The van der Waals surface area contributed by atoms with E-state index in [1.54, 1.807) is 0 Å². The van der Waals surface area contributed by atoms with Gasteiger partial charge in [0.25, 0.3) is 0 Å². The number of amides is 1. The Morgan fingerprint density at radius 3 is 2.36 bits per heavy atom. The van der Waals surface area contributed by atoms with Gasteiger partial charge in [-0.1, -0.05) is 0 Å². The number of aromatic carboxylic acids is 1. The van der Waals surface area contributed by atoms with Crippen LogP contribution in [0.15, 0.2) is 12.4 Å². The number of carbonyl (C=O) groups is 2. The van der Waals surface area contributed by atoms with Gasteiger partial charge < -0.3 is 10.4 Å². The van der Waals surface area contributed by atoms with E-state index >= 15 is 0 Å². The topological polar surface area (TPSA) is 84.2 Å². The van der Waals surface area contributed by atoms with Gasteiger partial charge in [-0.25, -0.2) is 4.79 Å². The minimum Gasteiger partial charge on any atom is -0.478 e. The van der Waals surface area contributed by atoms with Crippen LogP contribution in [-0.4, -0.2) is 32.8 Å². The first kappa shape index (κ1) is 13.8. The lowest BCUT2D eigenvalue weighted by Crippen LogP contribution is -2.56. The molecule has 1 amide bonds. The molecule has 4 fully saturated rings. The molecule has 0 radical (unpaired) electrons. The fourth-order valence-corrected chi connectivity index (χ4v) is 5.10. The highest BCUT2D eigenvalue weighted by molar-refractivity contribution is 5.87. The molecule has 6 heteroatoms. The molecule has 5 rings (SSSR count). The fourth-order valence-electron chi connectivity index (χ4n) is 5.10. The zero-order valence-corrected chi connectivity index (χ0v) is 12.4. The molecule has 0 atom stereocenters. The van der Waals surface area contributed by atoms with Gasteiger partial charge in [0.05, 0.1) is 11.8 Å². The summed E-state index contributed by atoms with van der Waals surface area (Å²) in [6.45, 7) is 0.0933. The van der Waals surface area contributed by atoms with Gasteiger partial charge in [0.2, 0.25) is 5.91 Å². The van der Waals surface area contributed by atoms with E-state index in [1.165, 1.54) is 49.2 Å². The van der Waals surface area contributed by atoms with Crippen molar-refractivity contribution in [2.75, 3.05) is 0 Å². The van der Waals surface area contributed by atoms with E-state index in [1.807, 2.05) is 0 Å². The quantitative estimate of drug-likeness (QED) is 0.883. The van der Waals surface area contributed by atoms with E-state index in [-0.39, 0.29) is 18.0 Å². The highest BCUT2D eigenvalue weighted by atomic mass is 16.4. The van der Waals surface area contributed by atoms with Crippen LogP contribution in [0.2, 0.25) is 0 Å². The van der Waals surface area contributed by atoms with Crippen molar-refractivity contribution in [3.8, 4) is 0 Å². The molecule has 1 heterocycles. The van der Waals surface area contributed by atoms with Crippen LogP contribution in [0.1, 0.15) is 42.5 Å². The molecule has 22 heavy (non-hydrogen) atoms. The summed E-state index contributed by atoms with van der Waals surface area (Å²) in [5.41, 5.74) is 0.113. The van der Waals surface area contributed by atoms with Crippen LogP contribution in [0.5, 0.6) is 0 Å². The molecule has 4 aliphatic rings. The molecule has 6 nitrogen and oxygen atoms in total. The molecule has 2 N–H and O–H groups in total. The monoisotopic (exact) mass is 303 g/mol. The Morgan fingerprint density at radius 1 is 1.18 bits per heavy atom. The van der Waals surface area contributed by atoms with Crippen LogP contribution in [0.3, 0.4) is 0 Å². The van der Waals surface area contributed by atoms with Crippen molar-refractivity contribution < 1.29 is 14.7 Å². The largest absolute Gasteiger partial charge is 0.478 e. The lowest BCUT2D eigenvalue weighted by atomic mass is 9.54. The molecule has 1 aromatic rings. The molecule has 118 valence electrons. The molecule has 4 saturated carbocycles. The number of carboxylic acids is 1. The lowest BCUT2D eigenvalue weighted by Gasteiger charge is -2.54. The van der Waals surface area contributed by atoms with Crippen molar-refractivity contribution in [3.63, 3.8) is 0 Å². The van der Waals surface area contributed by atoms with Gasteiger partial charge in [-0.2, -0.15) is 5.10 Å². The van der Waals surface area contributed by atoms with E-state index in [9.17, 15) is 9.59 Å². The third-order valence-electron chi connectivity index (χ3n) is 5.74. The van der Waals surface area contributed by atoms with Crippen molar-refractivity contribution in [1.82, 2.24) is 15.1 Å². The Morgan fingerprint density at radius 2 is 1.82 bits per heavy atom. The van der Waals surface area contributed by atoms with E-state index in [4.69, 9.17) is 5.11 Å². The predicted molar refractivity (Wildman–Crippen MR) is 78.2 cm³/mol. The number of hydrogen-bond acceptors (Lipinski definition) is 3. The van der Waals surface area contributed by atoms with Gasteiger partial charge in [0, 0.05) is 12.2 Å². The SMILES string of the molecule is O=C(Cn1cc(C(=O)O)cn1)NC1C2CC3CC(C2)CC1C3. The number of nitrogens with zero attached hydrogens (tertiary/aromatic N) is 2. The molecule has 0 saturated heterocycles. The van der Waals surface area contributed by atoms with Gasteiger partial charge in [-0.3, -0.25) is 9.48 Å². The molecule has 4 bridgehead atoms. The maximum atomic E-state index is 12.3. The van der Waals surface area contributed by atoms with Crippen LogP contribution in [0, 0.1) is 23.7 Å². The van der Waals surface area contributed by atoms with Crippen molar-refractivity contribution in [1.29, 1.82) is 0 Å². The first-order valence-corrected chi connectivity index (χ1v) is 8.13. The number of aromatic nitrogens is 2. The number of carbonyl (C=O) groups excluding carboxylic acids is 1. The lowest BCUT2D eigenvalue weighted by molar-refractivity contribution is -0.125. The zero-order chi connectivity index (χ0) is 15.3. The average Bonchev–Trinajstić information content (AvgIpc) is 2.90. The maximum absolute atomic E-state index is 12.3. The Hall–Kier alpha value is -1.85. The summed E-state index contributed by atoms with van der Waals surface area (Å²) >= 11 is 0. The predicted octanol–water partition coefficient (Wildman–Crippen LogP) is 1.52. The summed E-state index contributed by atoms with van der Waals surface area (Å²) in [6.07, 6.45) is 9.15. The van der Waals surface area contributed by atoms with Crippen LogP contribution < -0.4 is 5.32 Å². The molecule has 0 aliphatic heterocycles. The van der Waals surface area contributed by atoms with Crippen molar-refractivity contribution >= 4 is 11.9 Å². The van der Waals surface area contributed by atoms with Gasteiger partial charge in [0.1, 0.15) is 6.54 Å². The molecule has 1 aromatic heterocycles. The normalized spacial score (nSPS) is 35.5. The van der Waals surface area contributed by atoms with Crippen molar-refractivity contribution in [2.45, 2.75) is 44.7 Å². The second kappa shape index (κ2) is 5.11. The van der Waals surface area contributed by atoms with Crippen LogP contribution in [0.25, 0.3) is 0 Å². The third kappa shape index (κ3) is 2.40. The van der Waals surface area contributed by atoms with Gasteiger partial charge in [-0.15, -0.1) is 0 Å². The molecular formula is C16H21N3O3. The minimum absolute atomic E-state index is 0.0579. The van der Waals surface area contributed by atoms with Gasteiger partial charge in [0.15, 0.2) is 0 Å². The summed E-state index contributed by atoms with van der Waals surface area (Å²) in [5.74, 6) is 1.99. The second-order valence-corrected chi connectivity index (χ2v) is 7.26. The Labute approximate surface area is 128 Å². The Kier molecular flexibility index (Phi) is 3.20. The van der Waals surface area contributed by atoms with Crippen LogP contribution in [0.4, 0.5) is 0 Å². The van der Waals surface area contributed by atoms with Crippen molar-refractivity contribution in [3.05, 3.63) is 18.0 Å². The number of carboxylic acid groups (broad SMARTS) is 1. The van der Waals surface area contributed by atoms with E-state index < -0.39 is 5.97 Å². The standard InChI is InChI=1S/C16H21N3O3/c20-14(8-19-7-13(6-17-19)16(21)22)18-15-11-2-9-1-10(4-11)5-12(15)3-9/h6-7,9-12,15H,1-5,8H2,(H,18,20)(H,21,22). The first-order chi connectivity index (χ1) is 10.6. The number of hydrogen-bond donors (Lipinski definition) is 2. The van der Waals surface area contributed by atoms with Crippen molar-refractivity contribution in [2.24, 2.45) is 23.7 Å². The van der Waals surface area contributed by atoms with Crippen LogP contribution >= 0.6 is 0 Å². The van der Waals surface area contributed by atoms with Gasteiger partial charge in [-0.05, 0) is 55.8 Å². The van der Waals surface area contributed by atoms with E-state index in [2.05, 4.69) is 10.4 Å². The van der Waals surface area contributed by atoms with E-state index in [0.29, 0.717) is 17.9 Å². The molecule has 4 aliphatic carbocycles. The van der Waals surface area contributed by atoms with Crippen LogP contribution in [-0.2, 0) is 11.3 Å². The molecule has 0 aromatic carbocycles. The average molecular weight is 303 g/mol. The zero-order valence-electron chi connectivity index (χ0n) is 12.4. The van der Waals surface area contributed by atoms with Gasteiger partial charge >= 0.3 is 5.97 Å². The second-order valence-electron chi connectivity index (χ2n) is 7.26. The first-order valence-electron chi connectivity index (χ1n) is 8.13.